The van der Waals surface area contributed by atoms with E-state index in [0.717, 1.165) is 24.8 Å². The Morgan fingerprint density at radius 1 is 1.41 bits per heavy atom. The third kappa shape index (κ3) is 2.80. The van der Waals surface area contributed by atoms with Crippen LogP contribution in [0.3, 0.4) is 0 Å². The van der Waals surface area contributed by atoms with Crippen LogP contribution in [0.1, 0.15) is 37.7 Å². The Hall–Kier alpha value is -2.76. The van der Waals surface area contributed by atoms with Gasteiger partial charge in [0.25, 0.3) is 0 Å². The van der Waals surface area contributed by atoms with Gasteiger partial charge in [-0.25, -0.2) is 4.79 Å². The average molecular weight is 382 g/mol. The number of hydrogen-bond acceptors (Lipinski definition) is 5. The van der Waals surface area contributed by atoms with E-state index in [9.17, 15) is 15.3 Å². The molecule has 2 aliphatic rings. The third-order valence-corrected chi connectivity index (χ3v) is 5.80. The molecule has 0 unspecified atom stereocenters. The summed E-state index contributed by atoms with van der Waals surface area (Å²) in [5, 5.41) is 20.4. The van der Waals surface area contributed by atoms with Crippen LogP contribution in [0.4, 0.5) is 0 Å². The van der Waals surface area contributed by atoms with Crippen LogP contribution < -0.4 is 5.73 Å². The molecule has 0 aromatic heterocycles. The highest BCUT2D eigenvalue weighted by Gasteiger charge is 2.59. The van der Waals surface area contributed by atoms with Crippen molar-refractivity contribution in [1.29, 1.82) is 10.5 Å². The van der Waals surface area contributed by atoms with E-state index in [-0.39, 0.29) is 23.8 Å². The first-order chi connectivity index (χ1) is 13.0. The minimum Gasteiger partial charge on any atom is -0.464 e. The predicted molar refractivity (Wildman–Crippen MR) is 101 cm³/mol. The van der Waals surface area contributed by atoms with Crippen molar-refractivity contribution >= 4 is 17.6 Å². The lowest BCUT2D eigenvalue weighted by atomic mass is 9.56. The number of ether oxygens (including phenoxy) is 1. The molecule has 0 bridgehead atoms. The summed E-state index contributed by atoms with van der Waals surface area (Å²) < 4.78 is 5.26. The molecular formula is C21H20ClN3O2. The van der Waals surface area contributed by atoms with Gasteiger partial charge in [-0.3, -0.25) is 0 Å². The van der Waals surface area contributed by atoms with Gasteiger partial charge in [0, 0.05) is 10.9 Å². The lowest BCUT2D eigenvalue weighted by molar-refractivity contribution is -0.152. The van der Waals surface area contributed by atoms with Gasteiger partial charge in [0.1, 0.15) is 6.07 Å². The molecular weight excluding hydrogens is 362 g/mol. The van der Waals surface area contributed by atoms with Gasteiger partial charge in [-0.1, -0.05) is 35.9 Å². The Labute approximate surface area is 163 Å². The summed E-state index contributed by atoms with van der Waals surface area (Å²) in [6.45, 7) is 1.79. The van der Waals surface area contributed by atoms with Crippen molar-refractivity contribution in [1.82, 2.24) is 0 Å². The number of fused-ring (bicyclic) bond motifs is 1. The van der Waals surface area contributed by atoms with E-state index < -0.39 is 17.3 Å². The fourth-order valence-corrected chi connectivity index (χ4v) is 4.57. The first kappa shape index (κ1) is 19.0. The van der Waals surface area contributed by atoms with Gasteiger partial charge in [0.15, 0.2) is 0 Å². The lowest BCUT2D eigenvalue weighted by Crippen LogP contribution is -2.49. The van der Waals surface area contributed by atoms with Crippen LogP contribution in [0.2, 0.25) is 5.02 Å². The molecule has 2 aliphatic carbocycles. The van der Waals surface area contributed by atoms with Gasteiger partial charge in [0.2, 0.25) is 5.41 Å². The number of carbonyl (C=O) groups is 1. The molecule has 6 heteroatoms. The van der Waals surface area contributed by atoms with Gasteiger partial charge in [-0.05, 0) is 49.3 Å². The highest BCUT2D eigenvalue weighted by atomic mass is 35.5. The highest BCUT2D eigenvalue weighted by molar-refractivity contribution is 6.31. The summed E-state index contributed by atoms with van der Waals surface area (Å²) in [6, 6.07) is 11.4. The smallest absolute Gasteiger partial charge is 0.333 e. The Morgan fingerprint density at radius 2 is 2.15 bits per heavy atom. The molecule has 3 rings (SSSR count). The second-order valence-corrected chi connectivity index (χ2v) is 7.14. The predicted octanol–water partition coefficient (Wildman–Crippen LogP) is 3.97. The van der Waals surface area contributed by atoms with Crippen molar-refractivity contribution in [2.45, 2.75) is 32.1 Å². The molecule has 1 aromatic rings. The maximum atomic E-state index is 13.1. The zero-order valence-corrected chi connectivity index (χ0v) is 15.8. The van der Waals surface area contributed by atoms with E-state index in [2.05, 4.69) is 12.1 Å². The van der Waals surface area contributed by atoms with Gasteiger partial charge < -0.3 is 10.5 Å². The van der Waals surface area contributed by atoms with Crippen LogP contribution in [-0.2, 0) is 9.53 Å². The van der Waals surface area contributed by atoms with Gasteiger partial charge in [-0.2, -0.15) is 10.5 Å². The molecule has 27 heavy (non-hydrogen) atoms. The van der Waals surface area contributed by atoms with Crippen LogP contribution in [0, 0.1) is 34.0 Å². The first-order valence-electron chi connectivity index (χ1n) is 8.96. The topological polar surface area (TPSA) is 99.9 Å². The number of esters is 1. The van der Waals surface area contributed by atoms with Gasteiger partial charge in [-0.15, -0.1) is 0 Å². The minimum absolute atomic E-state index is 0.0414. The Balaban J connectivity index is 2.38. The van der Waals surface area contributed by atoms with Crippen LogP contribution in [0.25, 0.3) is 0 Å². The van der Waals surface area contributed by atoms with Crippen molar-refractivity contribution < 1.29 is 9.53 Å². The molecule has 0 aliphatic heterocycles. The SMILES string of the molecule is CCOC(=O)[C@]1(C#N)C(N)=C(C#N)C2=CCCC[C@@H]2[C@@H]1c1ccccc1Cl. The molecule has 0 radical (unpaired) electrons. The fraction of sp³-hybridized carbons (Fsp3) is 0.381. The van der Waals surface area contributed by atoms with Gasteiger partial charge in [0.05, 0.1) is 23.9 Å². The van der Waals surface area contributed by atoms with Crippen molar-refractivity contribution in [3.8, 4) is 12.1 Å². The summed E-state index contributed by atoms with van der Waals surface area (Å²) >= 11 is 6.47. The number of allylic oxidation sites excluding steroid dienone is 3. The van der Waals surface area contributed by atoms with E-state index in [1.54, 1.807) is 19.1 Å². The summed E-state index contributed by atoms with van der Waals surface area (Å²) in [5.74, 6) is -1.55. The average Bonchev–Trinajstić information content (AvgIpc) is 2.68. The number of nitriles is 2. The van der Waals surface area contributed by atoms with Gasteiger partial charge >= 0.3 is 5.97 Å². The number of carbonyl (C=O) groups excluding carboxylic acids is 1. The maximum Gasteiger partial charge on any atom is 0.333 e. The zero-order chi connectivity index (χ0) is 19.6. The third-order valence-electron chi connectivity index (χ3n) is 5.46. The molecule has 0 spiro atoms. The number of rotatable bonds is 3. The zero-order valence-electron chi connectivity index (χ0n) is 15.0. The van der Waals surface area contributed by atoms with E-state index in [1.807, 2.05) is 18.2 Å². The Bertz CT molecular complexity index is 922. The van der Waals surface area contributed by atoms with Crippen LogP contribution in [0.15, 0.2) is 47.2 Å². The quantitative estimate of drug-likeness (QED) is 0.798. The summed E-state index contributed by atoms with van der Waals surface area (Å²) in [4.78, 5) is 13.1. The lowest BCUT2D eigenvalue weighted by Gasteiger charge is -2.45. The molecule has 2 N–H and O–H groups in total. The van der Waals surface area contributed by atoms with Crippen LogP contribution in [0.5, 0.6) is 0 Å². The molecule has 5 nitrogen and oxygen atoms in total. The number of nitrogens with two attached hydrogens (primary N) is 1. The largest absolute Gasteiger partial charge is 0.464 e. The molecule has 0 saturated carbocycles. The molecule has 138 valence electrons. The van der Waals surface area contributed by atoms with Crippen LogP contribution >= 0.6 is 11.6 Å². The van der Waals surface area contributed by atoms with E-state index in [1.165, 1.54) is 0 Å². The molecule has 0 heterocycles. The second kappa shape index (κ2) is 7.47. The molecule has 0 saturated heterocycles. The molecule has 3 atom stereocenters. The fourth-order valence-electron chi connectivity index (χ4n) is 4.32. The van der Waals surface area contributed by atoms with Crippen LogP contribution in [-0.4, -0.2) is 12.6 Å². The summed E-state index contributed by atoms with van der Waals surface area (Å²) in [5.41, 5.74) is 6.22. The number of benzene rings is 1. The monoisotopic (exact) mass is 381 g/mol. The van der Waals surface area contributed by atoms with Crippen molar-refractivity contribution in [2.75, 3.05) is 6.61 Å². The number of halogens is 1. The van der Waals surface area contributed by atoms with Crippen molar-refractivity contribution in [2.24, 2.45) is 17.1 Å². The molecule has 0 fully saturated rings. The standard InChI is InChI=1S/C21H20ClN3O2/c1-2-27-20(26)21(12-24)18(15-9-5-6-10-17(15)22)14-8-4-3-7-13(14)16(11-23)19(21)25/h5-7,9-10,14,18H,2-4,8,25H2,1H3/t14-,18+,21-/m0/s1. The van der Waals surface area contributed by atoms with E-state index in [0.29, 0.717) is 10.6 Å². The van der Waals surface area contributed by atoms with E-state index in [4.69, 9.17) is 22.1 Å². The summed E-state index contributed by atoms with van der Waals surface area (Å²) in [7, 11) is 0. The van der Waals surface area contributed by atoms with Crippen molar-refractivity contribution in [3.63, 3.8) is 0 Å². The first-order valence-corrected chi connectivity index (χ1v) is 9.34. The highest BCUT2D eigenvalue weighted by Crippen LogP contribution is 2.57. The minimum atomic E-state index is -1.79. The van der Waals surface area contributed by atoms with E-state index >= 15 is 0 Å². The normalized spacial score (nSPS) is 27.0. The maximum absolute atomic E-state index is 13.1. The Kier molecular flexibility index (Phi) is 5.26. The van der Waals surface area contributed by atoms with Crippen molar-refractivity contribution in [3.05, 3.63) is 57.8 Å². The Morgan fingerprint density at radius 3 is 2.78 bits per heavy atom. The molecule has 0 amide bonds. The molecule has 1 aromatic carbocycles. The number of nitrogens with zero attached hydrogens (tertiary/aromatic N) is 2. The second-order valence-electron chi connectivity index (χ2n) is 6.74. The number of hydrogen-bond donors (Lipinski definition) is 1. The summed E-state index contributed by atoms with van der Waals surface area (Å²) in [6.07, 6.45) is 4.47.